The molecule has 1 unspecified atom stereocenters. The molecule has 0 amide bonds. The largest absolute Gasteiger partial charge is 0.456 e. The molecular formula is C69H45NO. The molecule has 0 saturated carbocycles. The Hall–Kier alpha value is -9.24. The summed E-state index contributed by atoms with van der Waals surface area (Å²) in [4.78, 5) is 0. The minimum Gasteiger partial charge on any atom is -0.456 e. The molecule has 2 heterocycles. The number of nitrogens with zero attached hydrogens (tertiary/aromatic N) is 1. The summed E-state index contributed by atoms with van der Waals surface area (Å²) >= 11 is 0. The highest BCUT2D eigenvalue weighted by Crippen LogP contribution is 2.61. The highest BCUT2D eigenvalue weighted by molar-refractivity contribution is 6.13. The summed E-state index contributed by atoms with van der Waals surface area (Å²) in [6.45, 7) is 0. The second-order valence-electron chi connectivity index (χ2n) is 18.6. The van der Waals surface area contributed by atoms with Crippen molar-refractivity contribution in [2.45, 2.75) is 5.41 Å². The van der Waals surface area contributed by atoms with Crippen LogP contribution >= 0.6 is 0 Å². The Balaban J connectivity index is 1.04. The van der Waals surface area contributed by atoms with Crippen LogP contribution < -0.4 is 0 Å². The molecule has 0 radical (unpaired) electrons. The van der Waals surface area contributed by atoms with Gasteiger partial charge in [-0.1, -0.05) is 237 Å². The van der Waals surface area contributed by atoms with Crippen LogP contribution in [0.1, 0.15) is 22.3 Å². The van der Waals surface area contributed by atoms with Gasteiger partial charge < -0.3 is 8.98 Å². The summed E-state index contributed by atoms with van der Waals surface area (Å²) in [6.07, 6.45) is 0. The average Bonchev–Trinajstić information content (AvgIpc) is 4.10. The zero-order valence-corrected chi connectivity index (χ0v) is 38.8. The smallest absolute Gasteiger partial charge is 0.140 e. The summed E-state index contributed by atoms with van der Waals surface area (Å²) < 4.78 is 9.41. The van der Waals surface area contributed by atoms with Crippen molar-refractivity contribution in [2.24, 2.45) is 0 Å². The van der Waals surface area contributed by atoms with E-state index in [1.54, 1.807) is 0 Å². The molecule has 1 aliphatic carbocycles. The maximum Gasteiger partial charge on any atom is 0.140 e. The number of para-hydroxylation sites is 2. The molecule has 1 atom stereocenters. The van der Waals surface area contributed by atoms with Crippen molar-refractivity contribution >= 4 is 32.8 Å². The summed E-state index contributed by atoms with van der Waals surface area (Å²) in [6, 6.07) is 99.8. The average molecular weight is 904 g/mol. The summed E-state index contributed by atoms with van der Waals surface area (Å²) in [5.41, 5.74) is 21.5. The molecule has 332 valence electrons. The van der Waals surface area contributed by atoms with Gasteiger partial charge >= 0.3 is 0 Å². The number of hydrogen-bond donors (Lipinski definition) is 0. The van der Waals surface area contributed by atoms with Gasteiger partial charge in [-0.25, -0.2) is 0 Å². The minimum absolute atomic E-state index is 0.688. The lowest BCUT2D eigenvalue weighted by atomic mass is 9.65. The van der Waals surface area contributed by atoms with E-state index in [0.29, 0.717) is 0 Å². The van der Waals surface area contributed by atoms with Crippen molar-refractivity contribution in [3.63, 3.8) is 0 Å². The van der Waals surface area contributed by atoms with E-state index in [0.717, 1.165) is 50.1 Å². The molecule has 13 aromatic rings. The third-order valence-corrected chi connectivity index (χ3v) is 14.9. The highest BCUT2D eigenvalue weighted by Gasteiger charge is 2.50. The number of furan rings is 1. The van der Waals surface area contributed by atoms with Gasteiger partial charge in [-0.15, -0.1) is 0 Å². The van der Waals surface area contributed by atoms with Gasteiger partial charge in [-0.05, 0) is 103 Å². The zero-order chi connectivity index (χ0) is 46.9. The van der Waals surface area contributed by atoms with Crippen LogP contribution in [0.4, 0.5) is 0 Å². The second kappa shape index (κ2) is 16.5. The first-order valence-electron chi connectivity index (χ1n) is 24.5. The van der Waals surface area contributed by atoms with Crippen LogP contribution in [0.5, 0.6) is 0 Å². The molecule has 0 spiro atoms. The highest BCUT2D eigenvalue weighted by atomic mass is 16.3. The van der Waals surface area contributed by atoms with Crippen molar-refractivity contribution < 1.29 is 4.42 Å². The van der Waals surface area contributed by atoms with Gasteiger partial charge in [0.25, 0.3) is 0 Å². The lowest BCUT2D eigenvalue weighted by Crippen LogP contribution is -2.29. The normalized spacial score (nSPS) is 14.0. The fraction of sp³-hybridized carbons (Fsp3) is 0.0145. The molecule has 2 heteroatoms. The van der Waals surface area contributed by atoms with Gasteiger partial charge in [0.15, 0.2) is 0 Å². The molecule has 2 aromatic heterocycles. The monoisotopic (exact) mass is 903 g/mol. The van der Waals surface area contributed by atoms with E-state index in [2.05, 4.69) is 278 Å². The van der Waals surface area contributed by atoms with Crippen molar-refractivity contribution in [3.8, 4) is 72.6 Å². The first kappa shape index (κ1) is 40.8. The van der Waals surface area contributed by atoms with E-state index in [1.165, 1.54) is 77.5 Å². The van der Waals surface area contributed by atoms with E-state index in [4.69, 9.17) is 4.42 Å². The molecule has 0 saturated heterocycles. The lowest BCUT2D eigenvalue weighted by Gasteiger charge is -2.35. The van der Waals surface area contributed by atoms with E-state index in [-0.39, 0.29) is 0 Å². The van der Waals surface area contributed by atoms with E-state index < -0.39 is 5.41 Å². The van der Waals surface area contributed by atoms with E-state index in [9.17, 15) is 0 Å². The summed E-state index contributed by atoms with van der Waals surface area (Å²) in [5, 5.41) is 3.52. The standard InChI is InChI=1S/C69H45NO/c1-4-22-46(23-5-1)51-28-10-12-30-53(51)48-40-42-64-59(44-48)60-45-49(54-31-13-11-29-52(54)47-24-6-2-7-25-47)41-43-65(60)70(64)63-38-20-16-33-56(63)55-32-14-18-36-61(55)69(50-26-8-3-9-27-50)62-37-19-15-34-57(62)68-67(69)58-35-17-21-39-66(58)71-68/h1-45H. The molecular weight excluding hydrogens is 859 g/mol. The van der Waals surface area contributed by atoms with Crippen molar-refractivity contribution in [2.75, 3.05) is 0 Å². The molecule has 11 aromatic carbocycles. The number of hydrogen-bond acceptors (Lipinski definition) is 1. The van der Waals surface area contributed by atoms with Gasteiger partial charge in [0.1, 0.15) is 11.3 Å². The van der Waals surface area contributed by atoms with Gasteiger partial charge in [0.2, 0.25) is 0 Å². The van der Waals surface area contributed by atoms with E-state index >= 15 is 0 Å². The Morgan fingerprint density at radius 1 is 0.296 bits per heavy atom. The predicted octanol–water partition coefficient (Wildman–Crippen LogP) is 18.2. The third kappa shape index (κ3) is 6.28. The second-order valence-corrected chi connectivity index (χ2v) is 18.6. The quantitative estimate of drug-likeness (QED) is 0.149. The van der Waals surface area contributed by atoms with Crippen LogP contribution in [0.15, 0.2) is 277 Å². The SMILES string of the molecule is c1ccc(-c2ccccc2-c2ccc3c(c2)c2cc(-c4ccccc4-c4ccccc4)ccc2n3-c2ccccc2-c2ccccc2C2(c3ccccc3)c3ccccc3-c3oc4ccccc4c32)cc1. The van der Waals surface area contributed by atoms with Crippen LogP contribution in [0.25, 0.3) is 105 Å². The van der Waals surface area contributed by atoms with Gasteiger partial charge in [0.05, 0.1) is 22.1 Å². The topological polar surface area (TPSA) is 18.1 Å². The van der Waals surface area contributed by atoms with Crippen LogP contribution in [0.3, 0.4) is 0 Å². The molecule has 2 nitrogen and oxygen atoms in total. The Kier molecular flexibility index (Phi) is 9.47. The van der Waals surface area contributed by atoms with Crippen molar-refractivity contribution in [1.82, 2.24) is 4.57 Å². The molecule has 71 heavy (non-hydrogen) atoms. The van der Waals surface area contributed by atoms with E-state index in [1.807, 2.05) is 0 Å². The molecule has 14 rings (SSSR count). The van der Waals surface area contributed by atoms with Gasteiger partial charge in [0, 0.05) is 32.8 Å². The number of fused-ring (bicyclic) bond motifs is 8. The first-order chi connectivity index (χ1) is 35.3. The summed E-state index contributed by atoms with van der Waals surface area (Å²) in [5.74, 6) is 0.936. The first-order valence-corrected chi connectivity index (χ1v) is 24.5. The summed E-state index contributed by atoms with van der Waals surface area (Å²) in [7, 11) is 0. The molecule has 0 fully saturated rings. The Labute approximate surface area is 413 Å². The fourth-order valence-electron chi connectivity index (χ4n) is 11.9. The fourth-order valence-corrected chi connectivity index (χ4v) is 11.9. The zero-order valence-electron chi connectivity index (χ0n) is 38.8. The maximum atomic E-state index is 6.90. The van der Waals surface area contributed by atoms with Crippen molar-refractivity contribution in [3.05, 3.63) is 295 Å². The van der Waals surface area contributed by atoms with Crippen molar-refractivity contribution in [1.29, 1.82) is 0 Å². The third-order valence-electron chi connectivity index (χ3n) is 14.9. The number of benzene rings is 11. The van der Waals surface area contributed by atoms with Gasteiger partial charge in [-0.3, -0.25) is 0 Å². The molecule has 0 aliphatic heterocycles. The number of rotatable bonds is 8. The van der Waals surface area contributed by atoms with Crippen LogP contribution in [-0.2, 0) is 5.41 Å². The minimum atomic E-state index is -0.688. The lowest BCUT2D eigenvalue weighted by molar-refractivity contribution is 0.628. The van der Waals surface area contributed by atoms with Crippen LogP contribution in [0.2, 0.25) is 0 Å². The molecule has 0 N–H and O–H groups in total. The number of aromatic nitrogens is 1. The molecule has 0 bridgehead atoms. The van der Waals surface area contributed by atoms with Gasteiger partial charge in [-0.2, -0.15) is 0 Å². The van der Waals surface area contributed by atoms with Crippen LogP contribution in [0, 0.1) is 0 Å². The Bertz CT molecular complexity index is 4020. The molecule has 1 aliphatic rings. The predicted molar refractivity (Wildman–Crippen MR) is 295 cm³/mol. The maximum absolute atomic E-state index is 6.90. The Morgan fingerprint density at radius 3 is 1.30 bits per heavy atom. The Morgan fingerprint density at radius 2 is 0.718 bits per heavy atom. The van der Waals surface area contributed by atoms with Crippen LogP contribution in [-0.4, -0.2) is 4.57 Å².